The topological polar surface area (TPSA) is 79.5 Å². The number of nitrogens with zero attached hydrogens (tertiary/aromatic N) is 4. The molecule has 0 spiro atoms. The van der Waals surface area contributed by atoms with Crippen molar-refractivity contribution in [2.45, 2.75) is 19.9 Å². The minimum absolute atomic E-state index is 0.521. The normalized spacial score (nSPS) is 19.2. The number of hydrogen-bond donors (Lipinski definition) is 0. The molecule has 7 nitrogen and oxygen atoms in total. The molecule has 1 aromatic heterocycles. The van der Waals surface area contributed by atoms with Gasteiger partial charge in [-0.1, -0.05) is 12.1 Å². The monoisotopic (exact) mass is 274 g/mol. The molecule has 1 aliphatic rings. The lowest BCUT2D eigenvalue weighted by molar-refractivity contribution is 0.163. The first-order valence-corrected chi connectivity index (χ1v) is 7.83. The molecule has 1 fully saturated rings. The SMILES string of the molecule is CCc1noc(CN2CCN(S(C)(=O)=O)CC2)n1. The van der Waals surface area contributed by atoms with Crippen LogP contribution in [0, 0.1) is 0 Å². The standard InChI is InChI=1S/C10H18N4O3S/c1-3-9-11-10(17-12-9)8-13-4-6-14(7-5-13)18(2,15)16/h3-8H2,1-2H3. The van der Waals surface area contributed by atoms with Gasteiger partial charge in [-0.2, -0.15) is 9.29 Å². The quantitative estimate of drug-likeness (QED) is 0.750. The van der Waals surface area contributed by atoms with E-state index in [0.29, 0.717) is 44.4 Å². The second kappa shape index (κ2) is 5.33. The summed E-state index contributed by atoms with van der Waals surface area (Å²) in [5.74, 6) is 1.31. The summed E-state index contributed by atoms with van der Waals surface area (Å²) in [5, 5.41) is 3.84. The van der Waals surface area contributed by atoms with Crippen molar-refractivity contribution in [1.29, 1.82) is 0 Å². The van der Waals surface area contributed by atoms with Crippen LogP contribution in [0.5, 0.6) is 0 Å². The molecular formula is C10H18N4O3S. The molecule has 0 radical (unpaired) electrons. The molecule has 1 saturated heterocycles. The molecule has 0 aliphatic carbocycles. The molecule has 1 aromatic rings. The van der Waals surface area contributed by atoms with Crippen molar-refractivity contribution in [2.24, 2.45) is 0 Å². The summed E-state index contributed by atoms with van der Waals surface area (Å²) >= 11 is 0. The molecule has 18 heavy (non-hydrogen) atoms. The van der Waals surface area contributed by atoms with Crippen molar-refractivity contribution in [3.8, 4) is 0 Å². The van der Waals surface area contributed by atoms with E-state index in [0.717, 1.165) is 6.42 Å². The van der Waals surface area contributed by atoms with Gasteiger partial charge in [0.1, 0.15) is 0 Å². The maximum atomic E-state index is 11.4. The van der Waals surface area contributed by atoms with Gasteiger partial charge in [-0.05, 0) is 0 Å². The van der Waals surface area contributed by atoms with E-state index in [9.17, 15) is 8.42 Å². The summed E-state index contributed by atoms with van der Waals surface area (Å²) in [7, 11) is -3.07. The van der Waals surface area contributed by atoms with Crippen LogP contribution in [0.3, 0.4) is 0 Å². The lowest BCUT2D eigenvalue weighted by Crippen LogP contribution is -2.47. The molecule has 102 valence electrons. The Morgan fingerprint density at radius 2 is 1.94 bits per heavy atom. The Hall–Kier alpha value is -0.990. The average molecular weight is 274 g/mol. The van der Waals surface area contributed by atoms with E-state index in [1.807, 2.05) is 6.92 Å². The van der Waals surface area contributed by atoms with Gasteiger partial charge in [-0.15, -0.1) is 0 Å². The molecule has 0 saturated carbocycles. The molecule has 2 rings (SSSR count). The van der Waals surface area contributed by atoms with Crippen LogP contribution < -0.4 is 0 Å². The molecule has 0 atom stereocenters. The first-order chi connectivity index (χ1) is 8.49. The van der Waals surface area contributed by atoms with Gasteiger partial charge in [-0.3, -0.25) is 4.90 Å². The van der Waals surface area contributed by atoms with Crippen molar-refractivity contribution in [1.82, 2.24) is 19.3 Å². The van der Waals surface area contributed by atoms with Crippen LogP contribution >= 0.6 is 0 Å². The molecular weight excluding hydrogens is 256 g/mol. The molecule has 0 N–H and O–H groups in total. The van der Waals surface area contributed by atoms with E-state index >= 15 is 0 Å². The Morgan fingerprint density at radius 3 is 2.44 bits per heavy atom. The van der Waals surface area contributed by atoms with Crippen molar-refractivity contribution in [3.63, 3.8) is 0 Å². The summed E-state index contributed by atoms with van der Waals surface area (Å²) in [6, 6.07) is 0. The third-order valence-electron chi connectivity index (χ3n) is 2.99. The zero-order valence-electron chi connectivity index (χ0n) is 10.7. The van der Waals surface area contributed by atoms with Crippen LogP contribution in [0.1, 0.15) is 18.6 Å². The van der Waals surface area contributed by atoms with Crippen molar-refractivity contribution in [3.05, 3.63) is 11.7 Å². The molecule has 0 amide bonds. The van der Waals surface area contributed by atoms with E-state index in [4.69, 9.17) is 4.52 Å². The van der Waals surface area contributed by atoms with E-state index in [2.05, 4.69) is 15.0 Å². The average Bonchev–Trinajstić information content (AvgIpc) is 2.76. The predicted molar refractivity (Wildman–Crippen MR) is 65.4 cm³/mol. The van der Waals surface area contributed by atoms with Gasteiger partial charge >= 0.3 is 0 Å². The highest BCUT2D eigenvalue weighted by Crippen LogP contribution is 2.09. The zero-order chi connectivity index (χ0) is 13.2. The van der Waals surface area contributed by atoms with Crippen LogP contribution in [0.2, 0.25) is 0 Å². The Morgan fingerprint density at radius 1 is 1.28 bits per heavy atom. The molecule has 0 bridgehead atoms. The van der Waals surface area contributed by atoms with E-state index in [1.54, 1.807) is 0 Å². The molecule has 8 heteroatoms. The smallest absolute Gasteiger partial charge is 0.240 e. The van der Waals surface area contributed by atoms with Crippen LogP contribution in [0.4, 0.5) is 0 Å². The van der Waals surface area contributed by atoms with Gasteiger partial charge in [-0.25, -0.2) is 8.42 Å². The fourth-order valence-corrected chi connectivity index (χ4v) is 2.74. The lowest BCUT2D eigenvalue weighted by Gasteiger charge is -2.32. The summed E-state index contributed by atoms with van der Waals surface area (Å²) < 4.78 is 29.3. The Balaban J connectivity index is 1.87. The van der Waals surface area contributed by atoms with Gasteiger partial charge in [0.05, 0.1) is 12.8 Å². The maximum Gasteiger partial charge on any atom is 0.240 e. The van der Waals surface area contributed by atoms with Crippen LogP contribution in [-0.2, 0) is 23.0 Å². The van der Waals surface area contributed by atoms with Gasteiger partial charge in [0.25, 0.3) is 0 Å². The first-order valence-electron chi connectivity index (χ1n) is 5.98. The highest BCUT2D eigenvalue weighted by molar-refractivity contribution is 7.88. The Bertz CT molecular complexity index is 491. The summed E-state index contributed by atoms with van der Waals surface area (Å²) in [4.78, 5) is 6.36. The number of rotatable bonds is 4. The van der Waals surface area contributed by atoms with Gasteiger partial charge < -0.3 is 4.52 Å². The molecule has 0 unspecified atom stereocenters. The number of piperazine rings is 1. The molecule has 2 heterocycles. The fourth-order valence-electron chi connectivity index (χ4n) is 1.91. The van der Waals surface area contributed by atoms with Crippen molar-refractivity contribution < 1.29 is 12.9 Å². The van der Waals surface area contributed by atoms with Gasteiger partial charge in [0.2, 0.25) is 15.9 Å². The predicted octanol–water partition coefficient (Wildman–Crippen LogP) is -0.291. The minimum Gasteiger partial charge on any atom is -0.338 e. The number of hydrogen-bond acceptors (Lipinski definition) is 6. The van der Waals surface area contributed by atoms with Gasteiger partial charge in [0.15, 0.2) is 5.82 Å². The van der Waals surface area contributed by atoms with Crippen LogP contribution in [0.15, 0.2) is 4.52 Å². The zero-order valence-corrected chi connectivity index (χ0v) is 11.5. The largest absolute Gasteiger partial charge is 0.338 e. The Kier molecular flexibility index (Phi) is 3.98. The highest BCUT2D eigenvalue weighted by atomic mass is 32.2. The van der Waals surface area contributed by atoms with E-state index in [1.165, 1.54) is 10.6 Å². The Labute approximate surface area is 107 Å². The van der Waals surface area contributed by atoms with Crippen molar-refractivity contribution >= 4 is 10.0 Å². The first kappa shape index (κ1) is 13.4. The fraction of sp³-hybridized carbons (Fsp3) is 0.800. The number of sulfonamides is 1. The van der Waals surface area contributed by atoms with Crippen LogP contribution in [0.25, 0.3) is 0 Å². The summed E-state index contributed by atoms with van der Waals surface area (Å²) in [6.45, 7) is 4.99. The third-order valence-corrected chi connectivity index (χ3v) is 4.29. The second-order valence-corrected chi connectivity index (χ2v) is 6.38. The second-order valence-electron chi connectivity index (χ2n) is 4.40. The summed E-state index contributed by atoms with van der Waals surface area (Å²) in [6.07, 6.45) is 2.00. The minimum atomic E-state index is -3.07. The van der Waals surface area contributed by atoms with E-state index < -0.39 is 10.0 Å². The highest BCUT2D eigenvalue weighted by Gasteiger charge is 2.24. The number of aryl methyl sites for hydroxylation is 1. The van der Waals surface area contributed by atoms with E-state index in [-0.39, 0.29) is 0 Å². The van der Waals surface area contributed by atoms with Crippen LogP contribution in [-0.4, -0.2) is 60.2 Å². The third kappa shape index (κ3) is 3.27. The number of aromatic nitrogens is 2. The molecule has 1 aliphatic heterocycles. The maximum absolute atomic E-state index is 11.4. The summed E-state index contributed by atoms with van der Waals surface area (Å²) in [5.41, 5.74) is 0. The van der Waals surface area contributed by atoms with Gasteiger partial charge in [0, 0.05) is 32.6 Å². The lowest BCUT2D eigenvalue weighted by atomic mass is 10.3. The molecule has 0 aromatic carbocycles. The van der Waals surface area contributed by atoms with Crippen molar-refractivity contribution in [2.75, 3.05) is 32.4 Å².